The van der Waals surface area contributed by atoms with Gasteiger partial charge in [0.25, 0.3) is 0 Å². The van der Waals surface area contributed by atoms with E-state index < -0.39 is 0 Å². The minimum Gasteiger partial charge on any atom is -0.382 e. The number of likely N-dealkylation sites (N-methyl/N-ethyl adjacent to an activating group) is 1. The molecular formula is C23H39N5O3. The number of fused-ring (bicyclic) bond motifs is 2. The Kier molecular flexibility index (Phi) is 5.78. The maximum atomic E-state index is 13.4. The van der Waals surface area contributed by atoms with Crippen molar-refractivity contribution in [3.8, 4) is 0 Å². The highest BCUT2D eigenvalue weighted by Crippen LogP contribution is 2.42. The van der Waals surface area contributed by atoms with Gasteiger partial charge < -0.3 is 19.9 Å². The number of hydrogen-bond acceptors (Lipinski definition) is 6. The Morgan fingerprint density at radius 1 is 1.13 bits per heavy atom. The molecule has 174 valence electrons. The number of amides is 2. The first-order valence-electron chi connectivity index (χ1n) is 12.3. The summed E-state index contributed by atoms with van der Waals surface area (Å²) in [4.78, 5) is 30.7. The lowest BCUT2D eigenvalue weighted by Crippen LogP contribution is -2.56. The Hall–Kier alpha value is -1.22. The highest BCUT2D eigenvalue weighted by atomic mass is 16.5. The summed E-state index contributed by atoms with van der Waals surface area (Å²) in [5.41, 5.74) is 6.46. The average Bonchev–Trinajstić information content (AvgIpc) is 3.23. The fourth-order valence-electron chi connectivity index (χ4n) is 6.76. The molecular weight excluding hydrogens is 394 g/mol. The number of rotatable bonds is 5. The molecule has 31 heavy (non-hydrogen) atoms. The third-order valence-electron chi connectivity index (χ3n) is 9.01. The zero-order chi connectivity index (χ0) is 21.8. The van der Waals surface area contributed by atoms with E-state index in [1.807, 2.05) is 16.8 Å². The Morgan fingerprint density at radius 3 is 2.65 bits per heavy atom. The van der Waals surface area contributed by atoms with E-state index in [1.165, 1.54) is 19.3 Å². The van der Waals surface area contributed by atoms with Crippen LogP contribution in [-0.2, 0) is 14.3 Å². The number of nitrogens with one attached hydrogen (secondary N) is 3. The molecule has 0 spiro atoms. The van der Waals surface area contributed by atoms with Crippen molar-refractivity contribution >= 4 is 11.8 Å². The van der Waals surface area contributed by atoms with Gasteiger partial charge in [-0.2, -0.15) is 0 Å². The molecule has 8 nitrogen and oxygen atoms in total. The van der Waals surface area contributed by atoms with E-state index in [4.69, 9.17) is 4.74 Å². The lowest BCUT2D eigenvalue weighted by Gasteiger charge is -2.38. The predicted octanol–water partition coefficient (Wildman–Crippen LogP) is 0.484. The maximum absolute atomic E-state index is 13.4. The van der Waals surface area contributed by atoms with Crippen LogP contribution in [0, 0.1) is 17.8 Å². The van der Waals surface area contributed by atoms with Gasteiger partial charge in [-0.1, -0.05) is 19.8 Å². The Bertz CT molecular complexity index is 713. The van der Waals surface area contributed by atoms with Crippen molar-refractivity contribution in [2.45, 2.75) is 81.6 Å². The SMILES string of the molecule is COCC1(N(C)C(=O)C2NNC3CCN(C(=O)C4CC5C(C)CCCC5N4)CC32)CC1. The summed E-state index contributed by atoms with van der Waals surface area (Å²) in [6.07, 6.45) is 7.60. The van der Waals surface area contributed by atoms with Gasteiger partial charge in [0.2, 0.25) is 11.8 Å². The molecule has 7 atom stereocenters. The molecule has 2 saturated carbocycles. The Morgan fingerprint density at radius 2 is 1.94 bits per heavy atom. The van der Waals surface area contributed by atoms with Gasteiger partial charge >= 0.3 is 0 Å². The molecule has 3 saturated heterocycles. The van der Waals surface area contributed by atoms with Crippen molar-refractivity contribution in [2.75, 3.05) is 33.9 Å². The summed E-state index contributed by atoms with van der Waals surface area (Å²) >= 11 is 0. The second kappa shape index (κ2) is 8.28. The second-order valence-electron chi connectivity index (χ2n) is 10.8. The molecule has 0 aromatic rings. The van der Waals surface area contributed by atoms with Gasteiger partial charge in [0.15, 0.2) is 0 Å². The summed E-state index contributed by atoms with van der Waals surface area (Å²) in [5, 5.41) is 3.66. The molecule has 3 aliphatic heterocycles. The minimum atomic E-state index is -0.293. The number of methoxy groups -OCH3 is 1. The number of hydrogen-bond donors (Lipinski definition) is 3. The van der Waals surface area contributed by atoms with Gasteiger partial charge in [0.05, 0.1) is 18.2 Å². The zero-order valence-electron chi connectivity index (χ0n) is 19.2. The van der Waals surface area contributed by atoms with Crippen molar-refractivity contribution in [3.05, 3.63) is 0 Å². The van der Waals surface area contributed by atoms with E-state index in [2.05, 4.69) is 23.1 Å². The molecule has 2 amide bonds. The number of carbonyl (C=O) groups excluding carboxylic acids is 2. The Balaban J connectivity index is 1.23. The topological polar surface area (TPSA) is 85.9 Å². The third kappa shape index (κ3) is 3.79. The van der Waals surface area contributed by atoms with Crippen molar-refractivity contribution < 1.29 is 14.3 Å². The van der Waals surface area contributed by atoms with Crippen LogP contribution in [0.15, 0.2) is 0 Å². The number of nitrogens with zero attached hydrogens (tertiary/aromatic N) is 2. The zero-order valence-corrected chi connectivity index (χ0v) is 19.2. The van der Waals surface area contributed by atoms with Gasteiger partial charge in [-0.05, 0) is 43.9 Å². The first kappa shape index (κ1) is 21.6. The first-order chi connectivity index (χ1) is 14.9. The Labute approximate surface area is 185 Å². The fraction of sp³-hybridized carbons (Fsp3) is 0.913. The molecule has 0 aromatic heterocycles. The fourth-order valence-corrected chi connectivity index (χ4v) is 6.76. The molecule has 3 N–H and O–H groups in total. The maximum Gasteiger partial charge on any atom is 0.241 e. The first-order valence-corrected chi connectivity index (χ1v) is 12.3. The average molecular weight is 434 g/mol. The van der Waals surface area contributed by atoms with E-state index in [1.54, 1.807) is 7.11 Å². The smallest absolute Gasteiger partial charge is 0.241 e. The van der Waals surface area contributed by atoms with Crippen LogP contribution in [-0.4, -0.2) is 85.2 Å². The predicted molar refractivity (Wildman–Crippen MR) is 117 cm³/mol. The molecule has 5 rings (SSSR count). The molecule has 0 bridgehead atoms. The van der Waals surface area contributed by atoms with Gasteiger partial charge in [0.1, 0.15) is 6.04 Å². The summed E-state index contributed by atoms with van der Waals surface area (Å²) < 4.78 is 5.37. The largest absolute Gasteiger partial charge is 0.382 e. The molecule has 0 aromatic carbocycles. The van der Waals surface area contributed by atoms with Crippen LogP contribution in [0.4, 0.5) is 0 Å². The van der Waals surface area contributed by atoms with Crippen LogP contribution >= 0.6 is 0 Å². The lowest BCUT2D eigenvalue weighted by atomic mass is 9.77. The van der Waals surface area contributed by atoms with Crippen molar-refractivity contribution in [1.29, 1.82) is 0 Å². The van der Waals surface area contributed by atoms with E-state index in [0.717, 1.165) is 32.2 Å². The number of hydrazine groups is 1. The molecule has 5 fully saturated rings. The molecule has 3 heterocycles. The van der Waals surface area contributed by atoms with Gasteiger partial charge in [-0.15, -0.1) is 0 Å². The minimum absolute atomic E-state index is 0.0531. The monoisotopic (exact) mass is 433 g/mol. The van der Waals surface area contributed by atoms with Crippen molar-refractivity contribution in [3.63, 3.8) is 0 Å². The second-order valence-corrected chi connectivity index (χ2v) is 10.8. The molecule has 5 aliphatic rings. The van der Waals surface area contributed by atoms with E-state index in [-0.39, 0.29) is 41.4 Å². The standard InChI is InChI=1S/C23H39N5O3/c1-14-5-4-6-17-15(14)11-19(24-17)21(29)28-10-7-18-16(12-28)20(26-25-18)22(30)27(2)23(8-9-23)13-31-3/h14-20,24-26H,4-13H2,1-3H3. The van der Waals surface area contributed by atoms with Crippen molar-refractivity contribution in [2.24, 2.45) is 17.8 Å². The number of carbonyl (C=O) groups is 2. The number of ether oxygens (including phenoxy) is 1. The normalized spacial score (nSPS) is 40.9. The summed E-state index contributed by atoms with van der Waals surface area (Å²) in [6, 6.07) is 0.397. The van der Waals surface area contributed by atoms with E-state index in [0.29, 0.717) is 31.0 Å². The van der Waals surface area contributed by atoms with Gasteiger partial charge in [-0.3, -0.25) is 15.0 Å². The van der Waals surface area contributed by atoms with Crippen molar-refractivity contribution in [1.82, 2.24) is 26.0 Å². The van der Waals surface area contributed by atoms with E-state index >= 15 is 0 Å². The van der Waals surface area contributed by atoms with Crippen LogP contribution in [0.1, 0.15) is 51.9 Å². The quantitative estimate of drug-likeness (QED) is 0.585. The van der Waals surface area contributed by atoms with E-state index in [9.17, 15) is 9.59 Å². The molecule has 2 aliphatic carbocycles. The molecule has 0 radical (unpaired) electrons. The lowest BCUT2D eigenvalue weighted by molar-refractivity contribution is -0.140. The van der Waals surface area contributed by atoms with Crippen LogP contribution < -0.4 is 16.2 Å². The summed E-state index contributed by atoms with van der Waals surface area (Å²) in [7, 11) is 3.60. The summed E-state index contributed by atoms with van der Waals surface area (Å²) in [5.74, 6) is 1.80. The van der Waals surface area contributed by atoms with Crippen LogP contribution in [0.3, 0.4) is 0 Å². The molecule has 8 heteroatoms. The third-order valence-corrected chi connectivity index (χ3v) is 9.01. The van der Waals surface area contributed by atoms with Gasteiger partial charge in [-0.25, -0.2) is 5.43 Å². The highest BCUT2D eigenvalue weighted by molar-refractivity contribution is 5.85. The van der Waals surface area contributed by atoms with Crippen LogP contribution in [0.5, 0.6) is 0 Å². The highest BCUT2D eigenvalue weighted by Gasteiger charge is 2.53. The number of likely N-dealkylation sites (tertiary alicyclic amines) is 1. The van der Waals surface area contributed by atoms with Crippen LogP contribution in [0.2, 0.25) is 0 Å². The molecule has 7 unspecified atom stereocenters. The van der Waals surface area contributed by atoms with Crippen LogP contribution in [0.25, 0.3) is 0 Å². The van der Waals surface area contributed by atoms with Gasteiger partial charge in [0, 0.05) is 45.2 Å². The summed E-state index contributed by atoms with van der Waals surface area (Å²) in [6.45, 7) is 4.34. The number of piperidine rings is 1.